The summed E-state index contributed by atoms with van der Waals surface area (Å²) in [4.78, 5) is 17.8. The second kappa shape index (κ2) is 10.4. The fourth-order valence-electron chi connectivity index (χ4n) is 4.19. The van der Waals surface area contributed by atoms with E-state index in [1.54, 1.807) is 25.1 Å². The summed E-state index contributed by atoms with van der Waals surface area (Å²) in [6, 6.07) is 23.2. The van der Waals surface area contributed by atoms with E-state index in [4.69, 9.17) is 14.6 Å². The van der Waals surface area contributed by atoms with E-state index in [1.807, 2.05) is 79.1 Å². The fraction of sp³-hybridized carbons (Fsp3) is 0.179. The van der Waals surface area contributed by atoms with Crippen LogP contribution in [0.1, 0.15) is 16.8 Å². The SMILES string of the molecule is COc1ccc(OC)c(-c2nn(-c3ccccc3)cc2C(=O)NCCCn2cnc3ccccc32)c1. The van der Waals surface area contributed by atoms with Crippen molar-refractivity contribution in [3.05, 3.63) is 90.9 Å². The van der Waals surface area contributed by atoms with Crippen molar-refractivity contribution in [2.45, 2.75) is 13.0 Å². The molecule has 0 unspecified atom stereocenters. The lowest BCUT2D eigenvalue weighted by molar-refractivity contribution is 0.0953. The molecule has 0 spiro atoms. The van der Waals surface area contributed by atoms with Gasteiger partial charge in [0.1, 0.15) is 17.2 Å². The number of carbonyl (C=O) groups is 1. The first kappa shape index (κ1) is 23.2. The molecule has 182 valence electrons. The molecule has 0 aliphatic carbocycles. The van der Waals surface area contributed by atoms with Gasteiger partial charge in [-0.15, -0.1) is 0 Å². The molecule has 0 atom stereocenters. The number of carbonyl (C=O) groups excluding carboxylic acids is 1. The van der Waals surface area contributed by atoms with Gasteiger partial charge in [0.2, 0.25) is 0 Å². The fourth-order valence-corrected chi connectivity index (χ4v) is 4.19. The number of benzene rings is 3. The summed E-state index contributed by atoms with van der Waals surface area (Å²) in [6.07, 6.45) is 4.35. The van der Waals surface area contributed by atoms with Crippen LogP contribution in [-0.4, -0.2) is 46.0 Å². The van der Waals surface area contributed by atoms with Crippen LogP contribution in [0.5, 0.6) is 11.5 Å². The Hall–Kier alpha value is -4.59. The highest BCUT2D eigenvalue weighted by atomic mass is 16.5. The number of amides is 1. The van der Waals surface area contributed by atoms with Gasteiger partial charge in [0.15, 0.2) is 0 Å². The highest BCUT2D eigenvalue weighted by molar-refractivity contribution is 6.00. The predicted octanol–water partition coefficient (Wildman–Crippen LogP) is 4.73. The molecular formula is C28H27N5O3. The number of nitrogens with zero attached hydrogens (tertiary/aromatic N) is 4. The van der Waals surface area contributed by atoms with Crippen LogP contribution in [0, 0.1) is 0 Å². The van der Waals surface area contributed by atoms with Gasteiger partial charge < -0.3 is 19.4 Å². The predicted molar refractivity (Wildman–Crippen MR) is 139 cm³/mol. The number of hydrogen-bond acceptors (Lipinski definition) is 5. The molecule has 5 rings (SSSR count). The van der Waals surface area contributed by atoms with Crippen molar-refractivity contribution in [2.24, 2.45) is 0 Å². The van der Waals surface area contributed by atoms with Gasteiger partial charge >= 0.3 is 0 Å². The van der Waals surface area contributed by atoms with E-state index < -0.39 is 0 Å². The van der Waals surface area contributed by atoms with Gasteiger partial charge in [-0.2, -0.15) is 5.10 Å². The Bertz CT molecular complexity index is 1490. The smallest absolute Gasteiger partial charge is 0.255 e. The second-order valence-corrected chi connectivity index (χ2v) is 8.27. The first-order valence-electron chi connectivity index (χ1n) is 11.7. The molecule has 0 bridgehead atoms. The molecule has 0 fully saturated rings. The molecule has 5 aromatic rings. The van der Waals surface area contributed by atoms with Crippen LogP contribution in [0.25, 0.3) is 28.0 Å². The van der Waals surface area contributed by atoms with Gasteiger partial charge in [-0.25, -0.2) is 9.67 Å². The lowest BCUT2D eigenvalue weighted by Gasteiger charge is -2.11. The van der Waals surface area contributed by atoms with Crippen molar-refractivity contribution < 1.29 is 14.3 Å². The van der Waals surface area contributed by atoms with Gasteiger partial charge in [-0.05, 0) is 48.9 Å². The zero-order valence-electron chi connectivity index (χ0n) is 20.2. The standard InChI is InChI=1S/C28H27N5O3/c1-35-21-13-14-26(36-2)22(17-21)27-23(18-33(31-27)20-9-4-3-5-10-20)28(34)29-15-8-16-32-19-30-24-11-6-7-12-25(24)32/h3-7,9-14,17-19H,8,15-16H2,1-2H3,(H,29,34). The molecule has 8 heteroatoms. The summed E-state index contributed by atoms with van der Waals surface area (Å²) in [6.45, 7) is 1.26. The van der Waals surface area contributed by atoms with Gasteiger partial charge in [0, 0.05) is 24.8 Å². The maximum atomic E-state index is 13.4. The molecule has 2 aromatic heterocycles. The Labute approximate surface area is 209 Å². The molecule has 36 heavy (non-hydrogen) atoms. The van der Waals surface area contributed by atoms with Crippen molar-refractivity contribution in [1.29, 1.82) is 0 Å². The molecule has 8 nitrogen and oxygen atoms in total. The Balaban J connectivity index is 1.39. The largest absolute Gasteiger partial charge is 0.497 e. The Morgan fingerprint density at radius 1 is 0.972 bits per heavy atom. The summed E-state index contributed by atoms with van der Waals surface area (Å²) >= 11 is 0. The average Bonchev–Trinajstić information content (AvgIpc) is 3.56. The molecule has 0 radical (unpaired) electrons. The number of aryl methyl sites for hydroxylation is 1. The summed E-state index contributed by atoms with van der Waals surface area (Å²) in [5, 5.41) is 7.82. The lowest BCUT2D eigenvalue weighted by atomic mass is 10.1. The summed E-state index contributed by atoms with van der Waals surface area (Å²) in [5.41, 5.74) is 4.56. The number of ether oxygens (including phenoxy) is 2. The summed E-state index contributed by atoms with van der Waals surface area (Å²) in [7, 11) is 3.20. The van der Waals surface area contributed by atoms with Gasteiger partial charge in [0.05, 0.1) is 42.8 Å². The van der Waals surface area contributed by atoms with E-state index in [0.717, 1.165) is 29.7 Å². The first-order chi connectivity index (χ1) is 17.7. The second-order valence-electron chi connectivity index (χ2n) is 8.27. The number of rotatable bonds is 9. The van der Waals surface area contributed by atoms with Gasteiger partial charge in [0.25, 0.3) is 5.91 Å². The van der Waals surface area contributed by atoms with Crippen molar-refractivity contribution in [2.75, 3.05) is 20.8 Å². The van der Waals surface area contributed by atoms with Crippen molar-refractivity contribution in [1.82, 2.24) is 24.6 Å². The summed E-state index contributed by atoms with van der Waals surface area (Å²) in [5.74, 6) is 1.06. The topological polar surface area (TPSA) is 83.2 Å². The number of methoxy groups -OCH3 is 2. The van der Waals surface area contributed by atoms with E-state index in [2.05, 4.69) is 14.9 Å². The van der Waals surface area contributed by atoms with Crippen LogP contribution in [0.3, 0.4) is 0 Å². The highest BCUT2D eigenvalue weighted by Gasteiger charge is 2.22. The maximum absolute atomic E-state index is 13.4. The molecule has 0 saturated carbocycles. The van der Waals surface area contributed by atoms with Crippen LogP contribution >= 0.6 is 0 Å². The number of para-hydroxylation sites is 3. The quantitative estimate of drug-likeness (QED) is 0.308. The van der Waals surface area contributed by atoms with Crippen LogP contribution < -0.4 is 14.8 Å². The van der Waals surface area contributed by atoms with Gasteiger partial charge in [-0.1, -0.05) is 30.3 Å². The normalized spacial score (nSPS) is 10.9. The minimum absolute atomic E-state index is 0.201. The zero-order chi connectivity index (χ0) is 24.9. The summed E-state index contributed by atoms with van der Waals surface area (Å²) < 4.78 is 14.8. The monoisotopic (exact) mass is 481 g/mol. The average molecular weight is 482 g/mol. The number of fused-ring (bicyclic) bond motifs is 1. The minimum Gasteiger partial charge on any atom is -0.497 e. The van der Waals surface area contributed by atoms with Crippen LogP contribution in [0.15, 0.2) is 85.3 Å². The molecule has 1 amide bonds. The van der Waals surface area contributed by atoms with Crippen molar-refractivity contribution in [3.63, 3.8) is 0 Å². The van der Waals surface area contributed by atoms with Crippen molar-refractivity contribution in [3.8, 4) is 28.4 Å². The molecule has 0 aliphatic heterocycles. The van der Waals surface area contributed by atoms with E-state index in [0.29, 0.717) is 34.9 Å². The molecule has 3 aromatic carbocycles. The molecule has 0 aliphatic rings. The van der Waals surface area contributed by atoms with E-state index in [9.17, 15) is 4.79 Å². The van der Waals surface area contributed by atoms with Crippen LogP contribution in [0.4, 0.5) is 0 Å². The lowest BCUT2D eigenvalue weighted by Crippen LogP contribution is -2.25. The number of hydrogen-bond donors (Lipinski definition) is 1. The molecule has 1 N–H and O–H groups in total. The van der Waals surface area contributed by atoms with Crippen LogP contribution in [0.2, 0.25) is 0 Å². The first-order valence-corrected chi connectivity index (χ1v) is 11.7. The van der Waals surface area contributed by atoms with E-state index in [1.165, 1.54) is 0 Å². The van der Waals surface area contributed by atoms with E-state index in [-0.39, 0.29) is 5.91 Å². The number of nitrogens with one attached hydrogen (secondary N) is 1. The number of aromatic nitrogens is 4. The molecule has 0 saturated heterocycles. The highest BCUT2D eigenvalue weighted by Crippen LogP contribution is 2.35. The molecular weight excluding hydrogens is 454 g/mol. The Morgan fingerprint density at radius 3 is 2.58 bits per heavy atom. The third-order valence-corrected chi connectivity index (χ3v) is 6.03. The Kier molecular flexibility index (Phi) is 6.66. The van der Waals surface area contributed by atoms with Crippen molar-refractivity contribution >= 4 is 16.9 Å². The molecule has 2 heterocycles. The van der Waals surface area contributed by atoms with Crippen LogP contribution in [-0.2, 0) is 6.54 Å². The maximum Gasteiger partial charge on any atom is 0.255 e. The minimum atomic E-state index is -0.201. The number of imidazole rings is 1. The Morgan fingerprint density at radius 2 is 1.78 bits per heavy atom. The van der Waals surface area contributed by atoms with Gasteiger partial charge in [-0.3, -0.25) is 4.79 Å². The third-order valence-electron chi connectivity index (χ3n) is 6.03. The zero-order valence-corrected chi connectivity index (χ0v) is 20.2. The third kappa shape index (κ3) is 4.65. The van der Waals surface area contributed by atoms with E-state index >= 15 is 0 Å².